The highest BCUT2D eigenvalue weighted by Gasteiger charge is 2.15. The number of hydrogen-bond donors (Lipinski definition) is 2. The van der Waals surface area contributed by atoms with Crippen LogP contribution in [-0.4, -0.2) is 28.4 Å². The van der Waals surface area contributed by atoms with E-state index in [2.05, 4.69) is 20.6 Å². The van der Waals surface area contributed by atoms with Crippen molar-refractivity contribution in [3.8, 4) is 5.75 Å². The molecular formula is C14H12N4O3. The fourth-order valence-corrected chi connectivity index (χ4v) is 1.91. The monoisotopic (exact) mass is 284 g/mol. The molecule has 0 spiro atoms. The van der Waals surface area contributed by atoms with Crippen LogP contribution in [0.5, 0.6) is 5.75 Å². The standard InChI is InChI=1S/C14H12N4O3/c19-13-3-6-21-12-2-1-9(7-10(12)18-13)17-14(20)11-8-15-4-5-16-11/h1-2,4-5,7-8H,3,6H2,(H,17,20)(H,18,19). The van der Waals surface area contributed by atoms with Crippen LogP contribution < -0.4 is 15.4 Å². The van der Waals surface area contributed by atoms with E-state index in [1.54, 1.807) is 18.2 Å². The van der Waals surface area contributed by atoms with Crippen molar-refractivity contribution in [2.24, 2.45) is 0 Å². The quantitative estimate of drug-likeness (QED) is 0.870. The van der Waals surface area contributed by atoms with Crippen LogP contribution in [-0.2, 0) is 4.79 Å². The predicted octanol–water partition coefficient (Wildman–Crippen LogP) is 1.45. The maximum absolute atomic E-state index is 12.0. The first-order valence-electron chi connectivity index (χ1n) is 6.36. The van der Waals surface area contributed by atoms with Crippen molar-refractivity contribution in [3.05, 3.63) is 42.5 Å². The average Bonchev–Trinajstić information content (AvgIpc) is 2.68. The van der Waals surface area contributed by atoms with Gasteiger partial charge in [-0.1, -0.05) is 0 Å². The van der Waals surface area contributed by atoms with Crippen molar-refractivity contribution in [2.45, 2.75) is 6.42 Å². The first-order valence-corrected chi connectivity index (χ1v) is 6.36. The number of fused-ring (bicyclic) bond motifs is 1. The molecule has 2 heterocycles. The van der Waals surface area contributed by atoms with Gasteiger partial charge in [0.1, 0.15) is 11.4 Å². The minimum atomic E-state index is -0.371. The topological polar surface area (TPSA) is 93.2 Å². The van der Waals surface area contributed by atoms with Crippen LogP contribution in [0.1, 0.15) is 16.9 Å². The molecule has 0 saturated heterocycles. The molecule has 1 aliphatic rings. The zero-order valence-corrected chi connectivity index (χ0v) is 11.0. The highest BCUT2D eigenvalue weighted by molar-refractivity contribution is 6.03. The maximum Gasteiger partial charge on any atom is 0.275 e. The smallest absolute Gasteiger partial charge is 0.275 e. The van der Waals surface area contributed by atoms with Gasteiger partial charge in [0.25, 0.3) is 5.91 Å². The molecule has 0 aliphatic carbocycles. The number of rotatable bonds is 2. The number of hydrogen-bond acceptors (Lipinski definition) is 5. The van der Waals surface area contributed by atoms with Gasteiger partial charge in [-0.05, 0) is 18.2 Å². The third-order valence-corrected chi connectivity index (χ3v) is 2.89. The Labute approximate surface area is 120 Å². The lowest BCUT2D eigenvalue weighted by Gasteiger charge is -2.10. The third-order valence-electron chi connectivity index (χ3n) is 2.89. The average molecular weight is 284 g/mol. The summed E-state index contributed by atoms with van der Waals surface area (Å²) in [6.45, 7) is 0.337. The van der Waals surface area contributed by atoms with Gasteiger partial charge in [-0.15, -0.1) is 0 Å². The van der Waals surface area contributed by atoms with Crippen molar-refractivity contribution >= 4 is 23.2 Å². The number of nitrogens with one attached hydrogen (secondary N) is 2. The predicted molar refractivity (Wildman–Crippen MR) is 75.2 cm³/mol. The number of ether oxygens (including phenoxy) is 1. The zero-order chi connectivity index (χ0) is 14.7. The number of nitrogens with zero attached hydrogens (tertiary/aromatic N) is 2. The highest BCUT2D eigenvalue weighted by Crippen LogP contribution is 2.30. The summed E-state index contributed by atoms with van der Waals surface area (Å²) < 4.78 is 5.45. The lowest BCUT2D eigenvalue weighted by atomic mass is 10.2. The molecule has 3 rings (SSSR count). The zero-order valence-electron chi connectivity index (χ0n) is 11.0. The van der Waals surface area contributed by atoms with Crippen LogP contribution in [0.4, 0.5) is 11.4 Å². The molecule has 0 fully saturated rings. The molecule has 0 unspecified atom stereocenters. The fourth-order valence-electron chi connectivity index (χ4n) is 1.91. The summed E-state index contributed by atoms with van der Waals surface area (Å²) in [7, 11) is 0. The molecule has 0 bridgehead atoms. The van der Waals surface area contributed by atoms with Crippen LogP contribution >= 0.6 is 0 Å². The molecule has 21 heavy (non-hydrogen) atoms. The largest absolute Gasteiger partial charge is 0.491 e. The highest BCUT2D eigenvalue weighted by atomic mass is 16.5. The molecule has 2 aromatic rings. The minimum Gasteiger partial charge on any atom is -0.491 e. The van der Waals surface area contributed by atoms with E-state index in [0.29, 0.717) is 30.2 Å². The van der Waals surface area contributed by atoms with E-state index in [1.165, 1.54) is 18.6 Å². The summed E-state index contributed by atoms with van der Waals surface area (Å²) in [5, 5.41) is 5.43. The van der Waals surface area contributed by atoms with E-state index in [0.717, 1.165) is 0 Å². The lowest BCUT2D eigenvalue weighted by Crippen LogP contribution is -2.14. The molecule has 0 radical (unpaired) electrons. The van der Waals surface area contributed by atoms with Crippen molar-refractivity contribution in [1.29, 1.82) is 0 Å². The van der Waals surface area contributed by atoms with E-state index in [1.807, 2.05) is 0 Å². The molecule has 1 aromatic heterocycles. The van der Waals surface area contributed by atoms with Gasteiger partial charge in [-0.25, -0.2) is 4.98 Å². The van der Waals surface area contributed by atoms with Crippen LogP contribution in [0.15, 0.2) is 36.8 Å². The van der Waals surface area contributed by atoms with Gasteiger partial charge < -0.3 is 15.4 Å². The Morgan fingerprint density at radius 3 is 3.05 bits per heavy atom. The molecule has 0 saturated carbocycles. The SMILES string of the molecule is O=C1CCOc2ccc(NC(=O)c3cnccn3)cc2N1. The van der Waals surface area contributed by atoms with Crippen molar-refractivity contribution in [1.82, 2.24) is 9.97 Å². The Kier molecular flexibility index (Phi) is 3.46. The Balaban J connectivity index is 1.81. The van der Waals surface area contributed by atoms with E-state index < -0.39 is 0 Å². The second kappa shape index (κ2) is 5.58. The fraction of sp³-hybridized carbons (Fsp3) is 0.143. The second-order valence-electron chi connectivity index (χ2n) is 4.40. The number of amides is 2. The molecule has 106 valence electrons. The van der Waals surface area contributed by atoms with E-state index in [9.17, 15) is 9.59 Å². The van der Waals surface area contributed by atoms with Crippen LogP contribution in [0, 0.1) is 0 Å². The van der Waals surface area contributed by atoms with Gasteiger partial charge in [-0.3, -0.25) is 14.6 Å². The number of carbonyl (C=O) groups is 2. The van der Waals surface area contributed by atoms with Crippen molar-refractivity contribution in [3.63, 3.8) is 0 Å². The van der Waals surface area contributed by atoms with Crippen LogP contribution in [0.2, 0.25) is 0 Å². The number of anilines is 2. The molecule has 1 aromatic carbocycles. The van der Waals surface area contributed by atoms with E-state index in [4.69, 9.17) is 4.74 Å². The summed E-state index contributed by atoms with van der Waals surface area (Å²) in [4.78, 5) is 31.2. The van der Waals surface area contributed by atoms with Gasteiger partial charge >= 0.3 is 0 Å². The first-order chi connectivity index (χ1) is 10.2. The normalized spacial score (nSPS) is 13.4. The van der Waals surface area contributed by atoms with Crippen LogP contribution in [0.25, 0.3) is 0 Å². The summed E-state index contributed by atoms with van der Waals surface area (Å²) in [6, 6.07) is 5.05. The minimum absolute atomic E-state index is 0.119. The molecule has 1 aliphatic heterocycles. The molecule has 0 atom stereocenters. The second-order valence-corrected chi connectivity index (χ2v) is 4.40. The Bertz CT molecular complexity index is 688. The molecule has 7 nitrogen and oxygen atoms in total. The van der Waals surface area contributed by atoms with Crippen LogP contribution in [0.3, 0.4) is 0 Å². The van der Waals surface area contributed by atoms with Gasteiger partial charge in [0, 0.05) is 18.1 Å². The lowest BCUT2D eigenvalue weighted by molar-refractivity contribution is -0.116. The first kappa shape index (κ1) is 13.0. The number of carbonyl (C=O) groups excluding carboxylic acids is 2. The Hall–Kier alpha value is -2.96. The van der Waals surface area contributed by atoms with Gasteiger partial charge in [-0.2, -0.15) is 0 Å². The molecule has 2 N–H and O–H groups in total. The van der Waals surface area contributed by atoms with E-state index in [-0.39, 0.29) is 17.5 Å². The number of aromatic nitrogens is 2. The molecule has 2 amide bonds. The summed E-state index contributed by atoms with van der Waals surface area (Å²) in [5.41, 5.74) is 1.29. The van der Waals surface area contributed by atoms with Crippen molar-refractivity contribution < 1.29 is 14.3 Å². The van der Waals surface area contributed by atoms with Gasteiger partial charge in [0.05, 0.1) is 24.9 Å². The summed E-state index contributed by atoms with van der Waals surface area (Å²) in [5.74, 6) is 0.0911. The molecular weight excluding hydrogens is 272 g/mol. The van der Waals surface area contributed by atoms with E-state index >= 15 is 0 Å². The Morgan fingerprint density at radius 2 is 2.24 bits per heavy atom. The summed E-state index contributed by atoms with van der Waals surface area (Å²) >= 11 is 0. The maximum atomic E-state index is 12.0. The Morgan fingerprint density at radius 1 is 1.33 bits per heavy atom. The van der Waals surface area contributed by atoms with Gasteiger partial charge in [0.2, 0.25) is 5.91 Å². The van der Waals surface area contributed by atoms with Crippen molar-refractivity contribution in [2.75, 3.05) is 17.2 Å². The molecule has 7 heteroatoms. The number of benzene rings is 1. The van der Waals surface area contributed by atoms with Gasteiger partial charge in [0.15, 0.2) is 0 Å². The third kappa shape index (κ3) is 2.97. The summed E-state index contributed by atoms with van der Waals surface area (Å²) in [6.07, 6.45) is 4.62.